The highest BCUT2D eigenvalue weighted by Crippen LogP contribution is 2.23. The number of pyridine rings is 1. The molecule has 0 spiro atoms. The maximum absolute atomic E-state index is 11.4. The molecular formula is C14H21NO4. The summed E-state index contributed by atoms with van der Waals surface area (Å²) < 4.78 is 17.8. The van der Waals surface area contributed by atoms with E-state index in [1.807, 2.05) is 20.8 Å². The lowest BCUT2D eigenvalue weighted by Gasteiger charge is -2.34. The van der Waals surface area contributed by atoms with Crippen molar-refractivity contribution in [2.24, 2.45) is 5.92 Å². The second-order valence-electron chi connectivity index (χ2n) is 5.42. The van der Waals surface area contributed by atoms with E-state index in [1.54, 1.807) is 13.0 Å². The van der Waals surface area contributed by atoms with E-state index < -0.39 is 5.79 Å². The fourth-order valence-electron chi connectivity index (χ4n) is 1.90. The summed E-state index contributed by atoms with van der Waals surface area (Å²) in [6, 6.07) is 1.70. The first-order valence-corrected chi connectivity index (χ1v) is 6.49. The summed E-state index contributed by atoms with van der Waals surface area (Å²) in [6.07, 6.45) is 1.47. The molecule has 106 valence electrons. The van der Waals surface area contributed by atoms with Crippen LogP contribution in [0.5, 0.6) is 5.75 Å². The first-order valence-electron chi connectivity index (χ1n) is 6.49. The molecule has 2 heterocycles. The van der Waals surface area contributed by atoms with Gasteiger partial charge in [0, 0.05) is 18.9 Å². The van der Waals surface area contributed by atoms with Gasteiger partial charge in [0.2, 0.25) is 0 Å². The van der Waals surface area contributed by atoms with Crippen molar-refractivity contribution in [2.75, 3.05) is 19.8 Å². The highest BCUT2D eigenvalue weighted by Gasteiger charge is 2.28. The molecule has 19 heavy (non-hydrogen) atoms. The molecule has 1 fully saturated rings. The Morgan fingerprint density at radius 2 is 2.00 bits per heavy atom. The van der Waals surface area contributed by atoms with Gasteiger partial charge in [-0.25, -0.2) is 0 Å². The standard InChI is InChI=1S/C14H21NO4/c1-10-11(2)15(16)6-5-13(10)17-7-12-8-18-14(3,4)19-9-12/h5-6,12H,7-9H2,1-4H3. The minimum atomic E-state index is -0.496. The van der Waals surface area contributed by atoms with Crippen molar-refractivity contribution in [3.8, 4) is 5.75 Å². The predicted molar refractivity (Wildman–Crippen MR) is 69.8 cm³/mol. The second-order valence-corrected chi connectivity index (χ2v) is 5.42. The molecular weight excluding hydrogens is 246 g/mol. The van der Waals surface area contributed by atoms with E-state index in [1.165, 1.54) is 6.20 Å². The highest BCUT2D eigenvalue weighted by molar-refractivity contribution is 5.31. The van der Waals surface area contributed by atoms with Crippen LogP contribution in [0, 0.1) is 25.0 Å². The number of hydrogen-bond donors (Lipinski definition) is 0. The van der Waals surface area contributed by atoms with E-state index in [0.29, 0.717) is 25.5 Å². The van der Waals surface area contributed by atoms with Crippen molar-refractivity contribution in [1.82, 2.24) is 0 Å². The highest BCUT2D eigenvalue weighted by atomic mass is 16.7. The molecule has 0 unspecified atom stereocenters. The number of rotatable bonds is 3. The lowest BCUT2D eigenvalue weighted by molar-refractivity contribution is -0.612. The van der Waals surface area contributed by atoms with E-state index in [9.17, 15) is 5.21 Å². The van der Waals surface area contributed by atoms with Crippen LogP contribution in [-0.2, 0) is 9.47 Å². The van der Waals surface area contributed by atoms with E-state index in [-0.39, 0.29) is 5.92 Å². The average Bonchev–Trinajstić information content (AvgIpc) is 2.37. The van der Waals surface area contributed by atoms with Crippen LogP contribution in [0.1, 0.15) is 25.1 Å². The summed E-state index contributed by atoms with van der Waals surface area (Å²) in [5.41, 5.74) is 1.53. The normalized spacial score (nSPS) is 19.4. The van der Waals surface area contributed by atoms with Gasteiger partial charge in [-0.05, 0) is 20.8 Å². The summed E-state index contributed by atoms with van der Waals surface area (Å²) >= 11 is 0. The van der Waals surface area contributed by atoms with Gasteiger partial charge < -0.3 is 19.4 Å². The van der Waals surface area contributed by atoms with Crippen LogP contribution in [0.4, 0.5) is 0 Å². The first kappa shape index (κ1) is 14.1. The summed E-state index contributed by atoms with van der Waals surface area (Å²) in [5, 5.41) is 11.4. The molecule has 0 saturated carbocycles. The monoisotopic (exact) mass is 267 g/mol. The predicted octanol–water partition coefficient (Wildman–Crippen LogP) is 1.71. The summed E-state index contributed by atoms with van der Waals surface area (Å²) in [7, 11) is 0. The Bertz CT molecular complexity index is 449. The van der Waals surface area contributed by atoms with Crippen molar-refractivity contribution >= 4 is 0 Å². The molecule has 1 aliphatic rings. The smallest absolute Gasteiger partial charge is 0.196 e. The number of aromatic nitrogens is 1. The van der Waals surface area contributed by atoms with Crippen LogP contribution < -0.4 is 9.47 Å². The summed E-state index contributed by atoms with van der Waals surface area (Å²) in [6.45, 7) is 9.25. The van der Waals surface area contributed by atoms with Gasteiger partial charge in [0.1, 0.15) is 5.75 Å². The molecule has 0 aromatic carbocycles. The lowest BCUT2D eigenvalue weighted by atomic mass is 10.1. The molecule has 1 aromatic rings. The van der Waals surface area contributed by atoms with Gasteiger partial charge in [-0.1, -0.05) is 0 Å². The Kier molecular flexibility index (Phi) is 3.96. The quantitative estimate of drug-likeness (QED) is 0.618. The molecule has 2 rings (SSSR count). The molecule has 1 aromatic heterocycles. The van der Waals surface area contributed by atoms with Gasteiger partial charge in [0.25, 0.3) is 0 Å². The first-order chi connectivity index (χ1) is 8.89. The van der Waals surface area contributed by atoms with E-state index in [4.69, 9.17) is 14.2 Å². The van der Waals surface area contributed by atoms with E-state index in [0.717, 1.165) is 16.0 Å². The zero-order valence-electron chi connectivity index (χ0n) is 11.9. The molecule has 0 aliphatic carbocycles. The van der Waals surface area contributed by atoms with Gasteiger partial charge in [-0.15, -0.1) is 0 Å². The number of nitrogens with zero attached hydrogens (tertiary/aromatic N) is 1. The van der Waals surface area contributed by atoms with Gasteiger partial charge in [0.05, 0.1) is 25.4 Å². The Morgan fingerprint density at radius 1 is 1.37 bits per heavy atom. The van der Waals surface area contributed by atoms with Crippen LogP contribution in [-0.4, -0.2) is 25.6 Å². The zero-order valence-corrected chi connectivity index (χ0v) is 11.9. The Labute approximate surface area is 113 Å². The van der Waals surface area contributed by atoms with Crippen molar-refractivity contribution in [3.05, 3.63) is 28.7 Å². The van der Waals surface area contributed by atoms with Gasteiger partial charge in [-0.3, -0.25) is 0 Å². The SMILES string of the molecule is Cc1c(OCC2COC(C)(C)OC2)cc[n+]([O-])c1C. The van der Waals surface area contributed by atoms with Crippen molar-refractivity contribution in [1.29, 1.82) is 0 Å². The zero-order chi connectivity index (χ0) is 14.0. The van der Waals surface area contributed by atoms with Crippen molar-refractivity contribution in [3.63, 3.8) is 0 Å². The van der Waals surface area contributed by atoms with E-state index >= 15 is 0 Å². The fraction of sp³-hybridized carbons (Fsp3) is 0.643. The van der Waals surface area contributed by atoms with Crippen LogP contribution in [0.15, 0.2) is 12.3 Å². The second kappa shape index (κ2) is 5.35. The Hall–Kier alpha value is -1.33. The lowest BCUT2D eigenvalue weighted by Crippen LogP contribution is -2.41. The van der Waals surface area contributed by atoms with Crippen LogP contribution in [0.2, 0.25) is 0 Å². The Balaban J connectivity index is 1.92. The Morgan fingerprint density at radius 3 is 2.63 bits per heavy atom. The van der Waals surface area contributed by atoms with Crippen LogP contribution in [0.25, 0.3) is 0 Å². The van der Waals surface area contributed by atoms with Gasteiger partial charge in [-0.2, -0.15) is 4.73 Å². The molecule has 1 saturated heterocycles. The van der Waals surface area contributed by atoms with Crippen LogP contribution in [0.3, 0.4) is 0 Å². The van der Waals surface area contributed by atoms with Gasteiger partial charge in [0.15, 0.2) is 17.7 Å². The third kappa shape index (κ3) is 3.36. The largest absolute Gasteiger partial charge is 0.618 e. The molecule has 0 atom stereocenters. The molecule has 0 bridgehead atoms. The van der Waals surface area contributed by atoms with Gasteiger partial charge >= 0.3 is 0 Å². The minimum absolute atomic E-state index is 0.215. The maximum atomic E-state index is 11.4. The summed E-state index contributed by atoms with van der Waals surface area (Å²) in [4.78, 5) is 0. The van der Waals surface area contributed by atoms with Crippen molar-refractivity contribution in [2.45, 2.75) is 33.5 Å². The average molecular weight is 267 g/mol. The third-order valence-corrected chi connectivity index (χ3v) is 3.41. The van der Waals surface area contributed by atoms with E-state index in [2.05, 4.69) is 0 Å². The molecule has 0 radical (unpaired) electrons. The molecule has 5 heteroatoms. The molecule has 5 nitrogen and oxygen atoms in total. The topological polar surface area (TPSA) is 54.6 Å². The van der Waals surface area contributed by atoms with Crippen molar-refractivity contribution < 1.29 is 18.9 Å². The number of ether oxygens (including phenoxy) is 3. The molecule has 0 amide bonds. The maximum Gasteiger partial charge on any atom is 0.196 e. The molecule has 0 N–H and O–H groups in total. The summed E-state index contributed by atoms with van der Waals surface area (Å²) in [5.74, 6) is 0.464. The fourth-order valence-corrected chi connectivity index (χ4v) is 1.90. The van der Waals surface area contributed by atoms with Crippen LogP contribution >= 0.6 is 0 Å². The minimum Gasteiger partial charge on any atom is -0.618 e. The third-order valence-electron chi connectivity index (χ3n) is 3.41. The number of hydrogen-bond acceptors (Lipinski definition) is 4. The molecule has 1 aliphatic heterocycles.